The van der Waals surface area contributed by atoms with Gasteiger partial charge in [-0.1, -0.05) is 240 Å². The lowest BCUT2D eigenvalue weighted by molar-refractivity contribution is -0.870. The number of likely N-dealkylation sites (N-methyl/N-ethyl adjacent to an activating group) is 1. The smallest absolute Gasteiger partial charge is 0.306 e. The van der Waals surface area contributed by atoms with Gasteiger partial charge in [-0.3, -0.25) is 14.2 Å². The van der Waals surface area contributed by atoms with Crippen molar-refractivity contribution >= 4 is 19.7 Å². The third-order valence-corrected chi connectivity index (χ3v) is 14.5. The van der Waals surface area contributed by atoms with Crippen molar-refractivity contribution < 1.29 is 37.3 Å². The zero-order valence-corrected chi connectivity index (χ0v) is 51.5. The number of phosphoric acid groups is 1. The van der Waals surface area contributed by atoms with Crippen LogP contribution in [0.4, 0.5) is 0 Å². The summed E-state index contributed by atoms with van der Waals surface area (Å²) in [5.74, 6) is -0.584. The highest BCUT2D eigenvalue weighted by molar-refractivity contribution is 7.45. The predicted octanol–water partition coefficient (Wildman–Crippen LogP) is 18.9. The lowest BCUT2D eigenvalue weighted by Crippen LogP contribution is -2.47. The normalized spacial score (nSPS) is 14.3. The van der Waals surface area contributed by atoms with E-state index in [9.17, 15) is 19.0 Å². The van der Waals surface area contributed by atoms with Gasteiger partial charge in [0.15, 0.2) is 0 Å². The van der Waals surface area contributed by atoms with E-state index in [2.05, 4.69) is 111 Å². The number of allylic oxidation sites excluding steroid dienone is 15. The maximum Gasteiger partial charge on any atom is 0.306 e. The van der Waals surface area contributed by atoms with Gasteiger partial charge in [0, 0.05) is 12.8 Å². The summed E-state index contributed by atoms with van der Waals surface area (Å²) in [5, 5.41) is 3.01. The van der Waals surface area contributed by atoms with Gasteiger partial charge in [0.2, 0.25) is 5.91 Å². The number of nitrogens with zero attached hydrogens (tertiary/aromatic N) is 1. The summed E-state index contributed by atoms with van der Waals surface area (Å²) < 4.78 is 30.3. The Balaban J connectivity index is 5.25. The van der Waals surface area contributed by atoms with Gasteiger partial charge in [-0.05, 0) is 109 Å². The summed E-state index contributed by atoms with van der Waals surface area (Å²) in [6, 6.07) is -0.912. The van der Waals surface area contributed by atoms with Crippen molar-refractivity contribution in [2.75, 3.05) is 40.9 Å². The van der Waals surface area contributed by atoms with Crippen molar-refractivity contribution in [2.45, 2.75) is 277 Å². The minimum absolute atomic E-state index is 0.0336. The van der Waals surface area contributed by atoms with Gasteiger partial charge in [-0.15, -0.1) is 0 Å². The van der Waals surface area contributed by atoms with E-state index in [1.54, 1.807) is 0 Å². The van der Waals surface area contributed by atoms with E-state index in [4.69, 9.17) is 13.8 Å². The third-order valence-electron chi connectivity index (χ3n) is 13.5. The molecule has 77 heavy (non-hydrogen) atoms. The molecule has 1 amide bonds. The van der Waals surface area contributed by atoms with Crippen LogP contribution < -0.4 is 10.2 Å². The average Bonchev–Trinajstić information content (AvgIpc) is 3.39. The Kier molecular flexibility index (Phi) is 54.0. The molecule has 3 atom stereocenters. The fraction of sp³-hybridized carbons (Fsp3) is 0.731. The Labute approximate surface area is 475 Å². The van der Waals surface area contributed by atoms with E-state index in [1.807, 2.05) is 33.3 Å². The second-order valence-electron chi connectivity index (χ2n) is 22.2. The van der Waals surface area contributed by atoms with Gasteiger partial charge >= 0.3 is 5.97 Å². The highest BCUT2D eigenvalue weighted by Crippen LogP contribution is 2.38. The molecule has 0 rings (SSSR count). The number of carbonyl (C=O) groups excluding carboxylic acids is 2. The highest BCUT2D eigenvalue weighted by atomic mass is 31.2. The molecule has 0 aromatic rings. The number of amides is 1. The molecular weight excluding hydrogens is 976 g/mol. The van der Waals surface area contributed by atoms with E-state index in [0.717, 1.165) is 109 Å². The summed E-state index contributed by atoms with van der Waals surface area (Å²) >= 11 is 0. The number of rotatable bonds is 56. The van der Waals surface area contributed by atoms with Gasteiger partial charge in [-0.2, -0.15) is 0 Å². The van der Waals surface area contributed by atoms with Crippen LogP contribution in [0.2, 0.25) is 0 Å². The molecule has 1 N–H and O–H groups in total. The number of ether oxygens (including phenoxy) is 1. The molecule has 0 aromatic carbocycles. The fourth-order valence-corrected chi connectivity index (χ4v) is 9.36. The molecule has 0 saturated carbocycles. The molecule has 0 aromatic heterocycles. The van der Waals surface area contributed by atoms with E-state index < -0.39 is 26.6 Å². The monoisotopic (exact) mass is 1090 g/mol. The molecular formula is C67H119N2O7P. The summed E-state index contributed by atoms with van der Waals surface area (Å²) in [4.78, 5) is 40.0. The molecule has 0 aliphatic rings. The first-order valence-electron chi connectivity index (χ1n) is 31.5. The van der Waals surface area contributed by atoms with E-state index in [0.29, 0.717) is 17.4 Å². The molecule has 444 valence electrons. The van der Waals surface area contributed by atoms with Crippen molar-refractivity contribution in [2.24, 2.45) is 0 Å². The third kappa shape index (κ3) is 57.4. The van der Waals surface area contributed by atoms with Gasteiger partial charge in [0.05, 0.1) is 33.8 Å². The molecule has 3 unspecified atom stereocenters. The topological polar surface area (TPSA) is 114 Å². The number of hydrogen-bond donors (Lipinski definition) is 1. The average molecular weight is 1100 g/mol. The van der Waals surface area contributed by atoms with Gasteiger partial charge < -0.3 is 28.5 Å². The first kappa shape index (κ1) is 73.9. The number of phosphoric ester groups is 1. The number of unbranched alkanes of at least 4 members (excludes halogenated alkanes) is 26. The van der Waals surface area contributed by atoms with Crippen LogP contribution in [0.1, 0.15) is 265 Å². The molecule has 0 radical (unpaired) electrons. The van der Waals surface area contributed by atoms with E-state index in [-0.39, 0.29) is 31.3 Å². The van der Waals surface area contributed by atoms with Gasteiger partial charge in [-0.25, -0.2) is 0 Å². The molecule has 0 heterocycles. The number of carbonyl (C=O) groups is 2. The quantitative estimate of drug-likeness (QED) is 0.0212. The first-order chi connectivity index (χ1) is 37.4. The van der Waals surface area contributed by atoms with Crippen LogP contribution in [0.5, 0.6) is 0 Å². The fourth-order valence-electron chi connectivity index (χ4n) is 8.64. The number of quaternary nitrogens is 1. The Bertz CT molecular complexity index is 1640. The summed E-state index contributed by atoms with van der Waals surface area (Å²) in [5.41, 5.74) is 0. The molecule has 0 bridgehead atoms. The first-order valence-corrected chi connectivity index (χ1v) is 33.0. The number of esters is 1. The largest absolute Gasteiger partial charge is 0.756 e. The maximum atomic E-state index is 13.5. The zero-order chi connectivity index (χ0) is 56.4. The lowest BCUT2D eigenvalue weighted by atomic mass is 10.0. The minimum atomic E-state index is -4.71. The molecule has 0 aliphatic heterocycles. The molecule has 9 nitrogen and oxygen atoms in total. The van der Waals surface area contributed by atoms with Crippen molar-refractivity contribution in [3.63, 3.8) is 0 Å². The SMILES string of the molecule is CC/C=C/C/C=C/C/C=C/C/C=C/CCCCCC(=O)NC(COP(=O)([O-])OCC[N+](C)(C)C)C(/C=C\CCCCCCCCCCCC)OC(=O)CCCCCCCCCCCC/C=C\C/C=C\C/C=C\CCCCC. The number of hydrogen-bond acceptors (Lipinski definition) is 7. The maximum absolute atomic E-state index is 13.5. The van der Waals surface area contributed by atoms with Gasteiger partial charge in [0.1, 0.15) is 19.3 Å². The molecule has 0 aliphatic carbocycles. The standard InChI is InChI=1S/C67H119N2O7P/c1-7-10-13-16-19-22-25-28-30-32-33-34-35-36-37-38-40-42-45-48-51-54-57-60-67(71)76-65(58-55-52-49-46-43-27-24-21-18-15-12-9-3)64(63-75-77(72,73)74-62-61-69(4,5)6)68-66(70)59-56-53-50-47-44-41-39-31-29-26-23-20-17-14-11-8-2/h11,14,19-20,22-23,28-31,33-34,41,44,55,58,64-65H,7-10,12-13,15-18,21,24-27,32,35-40,42-43,45-54,56-57,59-63H2,1-6H3,(H-,68,70,72,73)/b14-11+,22-19-,23-20+,30-28-,31-29+,34-33-,44-41+,58-55-. The second kappa shape index (κ2) is 56.2. The van der Waals surface area contributed by atoms with Crippen LogP contribution in [-0.2, 0) is 27.9 Å². The highest BCUT2D eigenvalue weighted by Gasteiger charge is 2.27. The van der Waals surface area contributed by atoms with Crippen molar-refractivity contribution in [3.05, 3.63) is 97.2 Å². The van der Waals surface area contributed by atoms with Crippen LogP contribution in [0, 0.1) is 0 Å². The minimum Gasteiger partial charge on any atom is -0.756 e. The molecule has 0 spiro atoms. The zero-order valence-electron chi connectivity index (χ0n) is 50.6. The van der Waals surface area contributed by atoms with E-state index in [1.165, 1.54) is 116 Å². The van der Waals surface area contributed by atoms with Crippen LogP contribution in [0.15, 0.2) is 97.2 Å². The Morgan fingerprint density at radius 1 is 0.468 bits per heavy atom. The molecule has 0 fully saturated rings. The summed E-state index contributed by atoms with van der Waals surface area (Å²) in [6.07, 6.45) is 75.2. The van der Waals surface area contributed by atoms with Crippen LogP contribution in [-0.4, -0.2) is 69.4 Å². The van der Waals surface area contributed by atoms with E-state index >= 15 is 0 Å². The van der Waals surface area contributed by atoms with Crippen LogP contribution in [0.25, 0.3) is 0 Å². The van der Waals surface area contributed by atoms with Crippen molar-refractivity contribution in [3.8, 4) is 0 Å². The molecule has 0 saturated heterocycles. The van der Waals surface area contributed by atoms with Crippen molar-refractivity contribution in [1.29, 1.82) is 0 Å². The Morgan fingerprint density at radius 2 is 0.831 bits per heavy atom. The Hall–Kier alpha value is -3.07. The Morgan fingerprint density at radius 3 is 1.29 bits per heavy atom. The van der Waals surface area contributed by atoms with Crippen LogP contribution in [0.3, 0.4) is 0 Å². The summed E-state index contributed by atoms with van der Waals surface area (Å²) in [7, 11) is 1.15. The van der Waals surface area contributed by atoms with Crippen molar-refractivity contribution in [1.82, 2.24) is 5.32 Å². The number of nitrogens with one attached hydrogen (secondary N) is 1. The van der Waals surface area contributed by atoms with Crippen LogP contribution >= 0.6 is 7.82 Å². The lowest BCUT2D eigenvalue weighted by Gasteiger charge is -2.30. The molecule has 10 heteroatoms. The predicted molar refractivity (Wildman–Crippen MR) is 330 cm³/mol. The summed E-state index contributed by atoms with van der Waals surface area (Å²) in [6.45, 7) is 6.67. The second-order valence-corrected chi connectivity index (χ2v) is 23.6. The van der Waals surface area contributed by atoms with Gasteiger partial charge in [0.25, 0.3) is 7.82 Å².